The van der Waals surface area contributed by atoms with Gasteiger partial charge in [-0.05, 0) is 26.0 Å². The van der Waals surface area contributed by atoms with Gasteiger partial charge in [0.15, 0.2) is 5.96 Å². The van der Waals surface area contributed by atoms with E-state index in [0.717, 1.165) is 24.8 Å². The van der Waals surface area contributed by atoms with Gasteiger partial charge in [-0.3, -0.25) is 4.99 Å². The van der Waals surface area contributed by atoms with Crippen LogP contribution in [0.1, 0.15) is 13.8 Å². The molecule has 1 saturated heterocycles. The number of halogens is 1. The molecule has 1 amide bonds. The van der Waals surface area contributed by atoms with Crippen LogP contribution < -0.4 is 10.1 Å². The third-order valence-electron chi connectivity index (χ3n) is 3.95. The molecule has 1 fully saturated rings. The van der Waals surface area contributed by atoms with E-state index in [1.165, 1.54) is 0 Å². The molecule has 0 aliphatic carbocycles. The van der Waals surface area contributed by atoms with E-state index < -0.39 is 0 Å². The maximum absolute atomic E-state index is 11.8. The van der Waals surface area contributed by atoms with Gasteiger partial charge in [0.05, 0.1) is 13.2 Å². The number of ether oxygens (including phenoxy) is 2. The van der Waals surface area contributed by atoms with E-state index in [2.05, 4.69) is 15.2 Å². The highest BCUT2D eigenvalue weighted by Gasteiger charge is 2.23. The summed E-state index contributed by atoms with van der Waals surface area (Å²) in [5.74, 6) is 1.68. The molecular weight excluding hydrogens is 447 g/mol. The maximum atomic E-state index is 11.8. The second-order valence-corrected chi connectivity index (χ2v) is 5.84. The molecule has 1 unspecified atom stereocenters. The summed E-state index contributed by atoms with van der Waals surface area (Å²) in [7, 11) is 1.77. The van der Waals surface area contributed by atoms with Crippen molar-refractivity contribution in [2.75, 3.05) is 46.4 Å². The zero-order valence-electron chi connectivity index (χ0n) is 15.7. The Labute approximate surface area is 172 Å². The predicted molar refractivity (Wildman–Crippen MR) is 113 cm³/mol. The van der Waals surface area contributed by atoms with Crippen molar-refractivity contribution in [3.05, 3.63) is 30.3 Å². The number of carbonyl (C=O) groups is 1. The van der Waals surface area contributed by atoms with Crippen LogP contribution in [0.25, 0.3) is 0 Å². The number of aliphatic imine (C=N–C) groups is 1. The van der Waals surface area contributed by atoms with Gasteiger partial charge in [-0.2, -0.15) is 0 Å². The summed E-state index contributed by atoms with van der Waals surface area (Å²) in [6, 6.07) is 9.77. The molecule has 1 aromatic carbocycles. The lowest BCUT2D eigenvalue weighted by Crippen LogP contribution is -2.54. The highest BCUT2D eigenvalue weighted by Crippen LogP contribution is 2.10. The number of hydrogen-bond donors (Lipinski definition) is 1. The molecule has 1 N–H and O–H groups in total. The van der Waals surface area contributed by atoms with Crippen molar-refractivity contribution in [3.8, 4) is 5.75 Å². The fourth-order valence-corrected chi connectivity index (χ4v) is 2.66. The summed E-state index contributed by atoms with van der Waals surface area (Å²) in [4.78, 5) is 20.0. The van der Waals surface area contributed by atoms with Crippen LogP contribution in [0.5, 0.6) is 5.75 Å². The standard InChI is InChI=1S/C18H28N4O3.HI/c1-4-24-18(23)22-12-10-21(11-13-22)17(19-3)20-14-15(2)25-16-8-6-5-7-9-16;/h5-9,15H,4,10-14H2,1-3H3,(H,19,20);1H. The number of hydrogen-bond acceptors (Lipinski definition) is 4. The summed E-state index contributed by atoms with van der Waals surface area (Å²) < 4.78 is 10.9. The number of carbonyl (C=O) groups excluding carboxylic acids is 1. The predicted octanol–water partition coefficient (Wildman–Crippen LogP) is 2.42. The molecule has 0 radical (unpaired) electrons. The van der Waals surface area contributed by atoms with E-state index >= 15 is 0 Å². The van der Waals surface area contributed by atoms with Crippen LogP contribution in [0.2, 0.25) is 0 Å². The van der Waals surface area contributed by atoms with E-state index in [0.29, 0.717) is 26.2 Å². The molecule has 0 bridgehead atoms. The zero-order chi connectivity index (χ0) is 18.1. The lowest BCUT2D eigenvalue weighted by atomic mass is 10.3. The summed E-state index contributed by atoms with van der Waals surface area (Å²) >= 11 is 0. The lowest BCUT2D eigenvalue weighted by molar-refractivity contribution is 0.0913. The minimum absolute atomic E-state index is 0. The molecule has 1 heterocycles. The molecule has 0 aromatic heterocycles. The fourth-order valence-electron chi connectivity index (χ4n) is 2.66. The SMILES string of the molecule is CCOC(=O)N1CCN(C(=NC)NCC(C)Oc2ccccc2)CC1.I. The quantitative estimate of drug-likeness (QED) is 0.402. The number of amides is 1. The summed E-state index contributed by atoms with van der Waals surface area (Å²) in [5, 5.41) is 3.34. The second kappa shape index (κ2) is 11.8. The Morgan fingerprint density at radius 3 is 2.38 bits per heavy atom. The number of guanidine groups is 1. The van der Waals surface area contributed by atoms with Gasteiger partial charge in [0.25, 0.3) is 0 Å². The molecule has 1 atom stereocenters. The van der Waals surface area contributed by atoms with Crippen molar-refractivity contribution in [1.29, 1.82) is 0 Å². The lowest BCUT2D eigenvalue weighted by Gasteiger charge is -2.36. The van der Waals surface area contributed by atoms with Gasteiger partial charge in [-0.15, -0.1) is 24.0 Å². The average molecular weight is 476 g/mol. The number of piperazine rings is 1. The first-order chi connectivity index (χ1) is 12.1. The Hall–Kier alpha value is -1.71. The molecule has 2 rings (SSSR count). The Morgan fingerprint density at radius 1 is 1.19 bits per heavy atom. The van der Waals surface area contributed by atoms with E-state index in [1.807, 2.05) is 44.2 Å². The van der Waals surface area contributed by atoms with Crippen LogP contribution in [-0.2, 0) is 4.74 Å². The van der Waals surface area contributed by atoms with Gasteiger partial charge in [-0.25, -0.2) is 4.79 Å². The van der Waals surface area contributed by atoms with Crippen LogP contribution in [0.15, 0.2) is 35.3 Å². The number of nitrogens with zero attached hydrogens (tertiary/aromatic N) is 3. The second-order valence-electron chi connectivity index (χ2n) is 5.84. The average Bonchev–Trinajstić information content (AvgIpc) is 2.64. The Balaban J connectivity index is 0.00000338. The largest absolute Gasteiger partial charge is 0.489 e. The minimum atomic E-state index is -0.241. The highest BCUT2D eigenvalue weighted by molar-refractivity contribution is 14.0. The third-order valence-corrected chi connectivity index (χ3v) is 3.95. The van der Waals surface area contributed by atoms with Crippen LogP contribution in [-0.4, -0.2) is 74.3 Å². The zero-order valence-corrected chi connectivity index (χ0v) is 18.0. The molecule has 0 spiro atoms. The molecule has 1 aromatic rings. The van der Waals surface area contributed by atoms with Gasteiger partial charge in [-0.1, -0.05) is 18.2 Å². The molecule has 0 saturated carbocycles. The first-order valence-corrected chi connectivity index (χ1v) is 8.73. The molecule has 7 nitrogen and oxygen atoms in total. The smallest absolute Gasteiger partial charge is 0.409 e. The first-order valence-electron chi connectivity index (χ1n) is 8.73. The van der Waals surface area contributed by atoms with E-state index in [-0.39, 0.29) is 36.2 Å². The molecule has 146 valence electrons. The van der Waals surface area contributed by atoms with Crippen molar-refractivity contribution in [1.82, 2.24) is 15.1 Å². The van der Waals surface area contributed by atoms with Gasteiger partial charge in [0.2, 0.25) is 0 Å². The van der Waals surface area contributed by atoms with Gasteiger partial charge in [0.1, 0.15) is 11.9 Å². The van der Waals surface area contributed by atoms with E-state index in [4.69, 9.17) is 9.47 Å². The molecular formula is C18H29IN4O3. The van der Waals surface area contributed by atoms with Crippen LogP contribution >= 0.6 is 24.0 Å². The van der Waals surface area contributed by atoms with Gasteiger partial charge < -0.3 is 24.6 Å². The highest BCUT2D eigenvalue weighted by atomic mass is 127. The summed E-state index contributed by atoms with van der Waals surface area (Å²) in [6.45, 7) is 7.62. The van der Waals surface area contributed by atoms with Crippen molar-refractivity contribution in [2.24, 2.45) is 4.99 Å². The van der Waals surface area contributed by atoms with Gasteiger partial charge in [0, 0.05) is 33.2 Å². The number of para-hydroxylation sites is 1. The van der Waals surface area contributed by atoms with Crippen LogP contribution in [0.4, 0.5) is 4.79 Å². The summed E-state index contributed by atoms with van der Waals surface area (Å²) in [5.41, 5.74) is 0. The van der Waals surface area contributed by atoms with E-state index in [1.54, 1.807) is 11.9 Å². The topological polar surface area (TPSA) is 66.4 Å². The van der Waals surface area contributed by atoms with E-state index in [9.17, 15) is 4.79 Å². The summed E-state index contributed by atoms with van der Waals surface area (Å²) in [6.07, 6.45) is -0.227. The van der Waals surface area contributed by atoms with Crippen LogP contribution in [0.3, 0.4) is 0 Å². The molecule has 26 heavy (non-hydrogen) atoms. The molecule has 8 heteroatoms. The molecule has 1 aliphatic heterocycles. The Kier molecular flexibility index (Phi) is 10.2. The fraction of sp³-hybridized carbons (Fsp3) is 0.556. The first kappa shape index (κ1) is 22.3. The van der Waals surface area contributed by atoms with Crippen molar-refractivity contribution in [3.63, 3.8) is 0 Å². The maximum Gasteiger partial charge on any atom is 0.409 e. The Bertz CT molecular complexity index is 563. The number of benzene rings is 1. The number of nitrogens with one attached hydrogen (secondary N) is 1. The Morgan fingerprint density at radius 2 is 1.81 bits per heavy atom. The van der Waals surface area contributed by atoms with Crippen molar-refractivity contribution >= 4 is 36.0 Å². The number of rotatable bonds is 5. The molecule has 1 aliphatic rings. The minimum Gasteiger partial charge on any atom is -0.489 e. The van der Waals surface area contributed by atoms with Crippen molar-refractivity contribution in [2.45, 2.75) is 20.0 Å². The third kappa shape index (κ3) is 6.89. The van der Waals surface area contributed by atoms with Gasteiger partial charge >= 0.3 is 6.09 Å². The monoisotopic (exact) mass is 476 g/mol. The normalized spacial score (nSPS) is 15.7. The van der Waals surface area contributed by atoms with Crippen LogP contribution in [0, 0.1) is 0 Å². The van der Waals surface area contributed by atoms with Crippen molar-refractivity contribution < 1.29 is 14.3 Å².